The Morgan fingerprint density at radius 3 is 2.44 bits per heavy atom. The first-order chi connectivity index (χ1) is 3.79. The van der Waals surface area contributed by atoms with Crippen molar-refractivity contribution in [3.63, 3.8) is 0 Å². The molecule has 0 spiro atoms. The topological polar surface area (TPSA) is 12.9 Å². The minimum atomic E-state index is 0. The molecule has 0 aliphatic carbocycles. The molecule has 9 heavy (non-hydrogen) atoms. The van der Waals surface area contributed by atoms with E-state index in [1.54, 1.807) is 0 Å². The van der Waals surface area contributed by atoms with Gasteiger partial charge in [0.25, 0.3) is 0 Å². The third-order valence-corrected chi connectivity index (χ3v) is 0.961. The van der Waals surface area contributed by atoms with Crippen LogP contribution in [0, 0.1) is 19.9 Å². The molecule has 1 rings (SSSR count). The molecule has 1 aromatic rings. The SMILES string of the molecule is Cc1[c-]ccc(C)n1.[Li+]. The van der Waals surface area contributed by atoms with E-state index in [0.717, 1.165) is 11.4 Å². The fraction of sp³-hybridized carbons (Fsp3) is 0.286. The van der Waals surface area contributed by atoms with Gasteiger partial charge in [-0.1, -0.05) is 5.69 Å². The van der Waals surface area contributed by atoms with Gasteiger partial charge in [0.15, 0.2) is 0 Å². The predicted octanol–water partition coefficient (Wildman–Crippen LogP) is -1.50. The van der Waals surface area contributed by atoms with Gasteiger partial charge in [-0.2, -0.15) is 6.07 Å². The van der Waals surface area contributed by atoms with Crippen molar-refractivity contribution in [2.75, 3.05) is 0 Å². The number of rotatable bonds is 0. The van der Waals surface area contributed by atoms with Gasteiger partial charge in [-0.15, -0.1) is 0 Å². The second-order valence-electron chi connectivity index (χ2n) is 1.82. The van der Waals surface area contributed by atoms with Gasteiger partial charge in [0.1, 0.15) is 0 Å². The molecule has 2 heteroatoms. The molecule has 1 heterocycles. The third kappa shape index (κ3) is 2.69. The summed E-state index contributed by atoms with van der Waals surface area (Å²) in [6, 6.07) is 6.79. The molecule has 0 aliphatic heterocycles. The Labute approximate surface area is 67.7 Å². The number of aromatic nitrogens is 1. The average molecular weight is 113 g/mol. The van der Waals surface area contributed by atoms with E-state index in [9.17, 15) is 0 Å². The predicted molar refractivity (Wildman–Crippen MR) is 32.5 cm³/mol. The van der Waals surface area contributed by atoms with Crippen molar-refractivity contribution in [1.29, 1.82) is 0 Å². The molecule has 0 bridgehead atoms. The molecule has 0 atom stereocenters. The summed E-state index contributed by atoms with van der Waals surface area (Å²) >= 11 is 0. The fourth-order valence-corrected chi connectivity index (χ4v) is 0.617. The molecule has 0 aromatic carbocycles. The van der Waals surface area contributed by atoms with Crippen LogP contribution in [0.5, 0.6) is 0 Å². The zero-order chi connectivity index (χ0) is 5.98. The van der Waals surface area contributed by atoms with Crippen LogP contribution in [0.15, 0.2) is 12.1 Å². The number of aryl methyl sites for hydroxylation is 2. The molecule has 0 fully saturated rings. The van der Waals surface area contributed by atoms with Crippen LogP contribution in [-0.4, -0.2) is 4.98 Å². The van der Waals surface area contributed by atoms with Crippen molar-refractivity contribution in [2.45, 2.75) is 13.8 Å². The molecule has 1 aromatic heterocycles. The summed E-state index contributed by atoms with van der Waals surface area (Å²) in [6.45, 7) is 3.91. The summed E-state index contributed by atoms with van der Waals surface area (Å²) in [6.07, 6.45) is 0. The summed E-state index contributed by atoms with van der Waals surface area (Å²) in [7, 11) is 0. The summed E-state index contributed by atoms with van der Waals surface area (Å²) in [5.74, 6) is 0. The van der Waals surface area contributed by atoms with E-state index in [4.69, 9.17) is 0 Å². The summed E-state index contributed by atoms with van der Waals surface area (Å²) in [4.78, 5) is 4.12. The van der Waals surface area contributed by atoms with Gasteiger partial charge < -0.3 is 0 Å². The Bertz CT molecular complexity index is 169. The molecule has 0 radical (unpaired) electrons. The van der Waals surface area contributed by atoms with Gasteiger partial charge in [0.05, 0.1) is 0 Å². The van der Waals surface area contributed by atoms with Gasteiger partial charge in [0, 0.05) is 0 Å². The van der Waals surface area contributed by atoms with Crippen LogP contribution in [0.3, 0.4) is 0 Å². The van der Waals surface area contributed by atoms with Crippen LogP contribution in [0.1, 0.15) is 11.4 Å². The second kappa shape index (κ2) is 3.71. The number of pyridine rings is 1. The summed E-state index contributed by atoms with van der Waals surface area (Å²) < 4.78 is 0. The number of hydrogen-bond donors (Lipinski definition) is 0. The first-order valence-corrected chi connectivity index (χ1v) is 2.61. The van der Waals surface area contributed by atoms with E-state index in [2.05, 4.69) is 11.1 Å². The van der Waals surface area contributed by atoms with Crippen molar-refractivity contribution in [3.8, 4) is 0 Å². The molecule has 0 saturated carbocycles. The maximum Gasteiger partial charge on any atom is 1.00 e. The van der Waals surface area contributed by atoms with Crippen LogP contribution >= 0.6 is 0 Å². The van der Waals surface area contributed by atoms with E-state index in [0.29, 0.717) is 0 Å². The van der Waals surface area contributed by atoms with Crippen molar-refractivity contribution in [1.82, 2.24) is 4.98 Å². The first-order valence-electron chi connectivity index (χ1n) is 2.61. The van der Waals surface area contributed by atoms with Crippen LogP contribution in [0.2, 0.25) is 0 Å². The zero-order valence-corrected chi connectivity index (χ0v) is 6.10. The molecule has 1 nitrogen and oxygen atoms in total. The molecule has 42 valence electrons. The van der Waals surface area contributed by atoms with Crippen LogP contribution in [0.25, 0.3) is 0 Å². The molecule has 0 N–H and O–H groups in total. The maximum atomic E-state index is 4.12. The standard InChI is InChI=1S/C7H8N.Li/c1-6-4-3-5-7(2)8-6;/h3-4H,1-2H3;/q-1;+1. The van der Waals surface area contributed by atoms with Gasteiger partial charge in [-0.05, 0) is 19.5 Å². The zero-order valence-electron chi connectivity index (χ0n) is 6.10. The maximum absolute atomic E-state index is 4.12. The number of nitrogens with zero attached hydrogens (tertiary/aromatic N) is 1. The van der Waals surface area contributed by atoms with E-state index in [1.807, 2.05) is 26.0 Å². The van der Waals surface area contributed by atoms with Crippen molar-refractivity contribution in [2.24, 2.45) is 0 Å². The van der Waals surface area contributed by atoms with Crippen LogP contribution in [-0.2, 0) is 0 Å². The summed E-state index contributed by atoms with van der Waals surface area (Å²) in [5.41, 5.74) is 2.02. The Kier molecular flexibility index (Phi) is 3.61. The van der Waals surface area contributed by atoms with Gasteiger partial charge in [0.2, 0.25) is 0 Å². The van der Waals surface area contributed by atoms with Crippen LogP contribution < -0.4 is 18.9 Å². The largest absolute Gasteiger partial charge is 1.00 e. The van der Waals surface area contributed by atoms with E-state index in [-0.39, 0.29) is 18.9 Å². The van der Waals surface area contributed by atoms with Crippen molar-refractivity contribution in [3.05, 3.63) is 29.6 Å². The van der Waals surface area contributed by atoms with Gasteiger partial charge >= 0.3 is 18.9 Å². The van der Waals surface area contributed by atoms with E-state index >= 15 is 0 Å². The first kappa shape index (κ1) is 8.75. The normalized spacial score (nSPS) is 8.22. The second-order valence-corrected chi connectivity index (χ2v) is 1.82. The fourth-order valence-electron chi connectivity index (χ4n) is 0.617. The summed E-state index contributed by atoms with van der Waals surface area (Å²) in [5, 5.41) is 0. The Morgan fingerprint density at radius 1 is 1.44 bits per heavy atom. The minimum absolute atomic E-state index is 0. The minimum Gasteiger partial charge on any atom is -0.298 e. The van der Waals surface area contributed by atoms with E-state index in [1.165, 1.54) is 0 Å². The molecular formula is C7H8LiN. The van der Waals surface area contributed by atoms with Gasteiger partial charge in [-0.3, -0.25) is 4.98 Å². The van der Waals surface area contributed by atoms with Crippen molar-refractivity contribution < 1.29 is 18.9 Å². The number of hydrogen-bond acceptors (Lipinski definition) is 1. The molecular weight excluding hydrogens is 105 g/mol. The molecule has 0 unspecified atom stereocenters. The monoisotopic (exact) mass is 113 g/mol. The quantitative estimate of drug-likeness (QED) is 0.295. The third-order valence-electron chi connectivity index (χ3n) is 0.961. The Morgan fingerprint density at radius 2 is 2.11 bits per heavy atom. The molecule has 0 saturated heterocycles. The molecule has 0 aliphatic rings. The van der Waals surface area contributed by atoms with Crippen molar-refractivity contribution >= 4 is 0 Å². The van der Waals surface area contributed by atoms with Gasteiger partial charge in [-0.25, -0.2) is 12.1 Å². The van der Waals surface area contributed by atoms with Crippen LogP contribution in [0.4, 0.5) is 0 Å². The smallest absolute Gasteiger partial charge is 0.298 e. The Balaban J connectivity index is 0.000000640. The Hall–Kier alpha value is -0.253. The van der Waals surface area contributed by atoms with E-state index < -0.39 is 0 Å². The average Bonchev–Trinajstić information content (AvgIpc) is 1.64. The molecule has 0 amide bonds.